The number of benzene rings is 2. The first-order chi connectivity index (χ1) is 52.6. The number of aromatic nitrogens is 2. The molecule has 0 radical (unpaired) electrons. The molecule has 2 bridgehead atoms. The van der Waals surface area contributed by atoms with E-state index in [2.05, 4.69) is 76.1 Å². The largest absolute Gasteiger partial charge is 0.379 e. The molecule has 2 aliphatic heterocycles. The normalized spacial score (nSPS) is 16.9. The number of nitrogens with one attached hydrogen (secondary N) is 9. The van der Waals surface area contributed by atoms with E-state index in [1.165, 1.54) is 14.2 Å². The number of rotatable bonds is 43. The Morgan fingerprint density at radius 3 is 1.88 bits per heavy atom. The van der Waals surface area contributed by atoms with Crippen LogP contribution in [0, 0.1) is 23.7 Å². The Labute approximate surface area is 651 Å². The molecule has 0 unspecified atom stereocenters. The first-order valence-corrected chi connectivity index (χ1v) is 39.0. The van der Waals surface area contributed by atoms with E-state index in [0.717, 1.165) is 21.2 Å². The maximum Gasteiger partial charge on any atom is 0.251 e. The van der Waals surface area contributed by atoms with Gasteiger partial charge in [0.15, 0.2) is 0 Å². The van der Waals surface area contributed by atoms with Crippen molar-refractivity contribution >= 4 is 105 Å². The lowest BCUT2D eigenvalue weighted by atomic mass is 9.89. The van der Waals surface area contributed by atoms with Crippen molar-refractivity contribution in [2.45, 2.75) is 141 Å². The Balaban J connectivity index is 0.818. The first kappa shape index (κ1) is 89.6. The van der Waals surface area contributed by atoms with Gasteiger partial charge in [0.05, 0.1) is 124 Å². The summed E-state index contributed by atoms with van der Waals surface area (Å²) in [5, 5.41) is 27.0. The molecule has 3 aliphatic rings. The molecule has 3 aromatic rings. The third-order valence-corrected chi connectivity index (χ3v) is 20.9. The second-order valence-corrected chi connectivity index (χ2v) is 30.0. The summed E-state index contributed by atoms with van der Waals surface area (Å²) in [6, 6.07) is 8.93. The van der Waals surface area contributed by atoms with Crippen LogP contribution >= 0.6 is 23.5 Å². The Hall–Kier alpha value is -9.28. The van der Waals surface area contributed by atoms with E-state index in [1.807, 2.05) is 78.8 Å². The van der Waals surface area contributed by atoms with E-state index in [4.69, 9.17) is 28.9 Å². The van der Waals surface area contributed by atoms with Crippen LogP contribution in [-0.2, 0) is 84.8 Å². The van der Waals surface area contributed by atoms with Crippen LogP contribution in [-0.4, -0.2) is 246 Å². The minimum Gasteiger partial charge on any atom is -0.379 e. The summed E-state index contributed by atoms with van der Waals surface area (Å²) in [6.07, 6.45) is 12.9. The van der Waals surface area contributed by atoms with E-state index < -0.39 is 122 Å². The number of nitrogens with zero attached hydrogens (tertiary/aromatic N) is 8. The van der Waals surface area contributed by atoms with Crippen LogP contribution in [0.4, 0.5) is 5.69 Å². The van der Waals surface area contributed by atoms with Gasteiger partial charge in [-0.1, -0.05) is 90.4 Å². The Morgan fingerprint density at radius 1 is 0.682 bits per heavy atom. The fraction of sp³-hybridized carbons (Fsp3) is 0.566. The van der Waals surface area contributed by atoms with Crippen molar-refractivity contribution in [3.05, 3.63) is 122 Å². The third-order valence-electron chi connectivity index (χ3n) is 18.8. The molecular weight excluding hydrogens is 1460 g/mol. The highest BCUT2D eigenvalue weighted by molar-refractivity contribution is 8.03. The number of azide groups is 1. The van der Waals surface area contributed by atoms with Crippen molar-refractivity contribution in [2.75, 3.05) is 119 Å². The van der Waals surface area contributed by atoms with Crippen LogP contribution < -0.4 is 47.9 Å². The van der Waals surface area contributed by atoms with Gasteiger partial charge in [-0.25, -0.2) is 9.97 Å². The molecular formula is C76H109N17O15S2. The first-order valence-electron chi connectivity index (χ1n) is 37.0. The molecule has 32 nitrogen and oxygen atoms in total. The van der Waals surface area contributed by atoms with Crippen molar-refractivity contribution in [3.8, 4) is 0 Å². The lowest BCUT2D eigenvalue weighted by Gasteiger charge is -2.41. The van der Waals surface area contributed by atoms with E-state index in [0.29, 0.717) is 65.2 Å². The minimum absolute atomic E-state index is 0.00810. The average Bonchev–Trinajstić information content (AvgIpc) is 1.65. The molecule has 600 valence electrons. The summed E-state index contributed by atoms with van der Waals surface area (Å²) < 4.78 is 23.1. The number of thioether (sulfide) groups is 2. The molecule has 1 saturated heterocycles. The number of allylic oxidation sites excluding steroid dienone is 6. The van der Waals surface area contributed by atoms with E-state index >= 15 is 0 Å². The molecule has 34 heteroatoms. The molecule has 11 amide bonds. The zero-order chi connectivity index (χ0) is 80.4. The van der Waals surface area contributed by atoms with Crippen molar-refractivity contribution in [2.24, 2.45) is 28.8 Å². The number of amides is 11. The molecule has 1 aliphatic carbocycles. The maximum atomic E-state index is 14.5. The minimum atomic E-state index is -0.831. The topological polar surface area (TPSA) is 417 Å². The summed E-state index contributed by atoms with van der Waals surface area (Å²) in [5.74, 6) is -5.14. The standard InChI is InChI=1S/C76H109N17O15S2/c1-13-48(6)71(92(10)76(104)69(46(2)3)89-75(103)70(47(4)5)91(8)9)61(105-11)37-68(100)93-29-17-20-60(93)72(106-12)49(7)73(101)86-53(38-84-90-77)34-50-21-24-52(25-22-50)85-67(99)43-83-66(98)42-82-65(97)41-81-64(96)40-80-63(95)39-79-62(94)27-30-107-32-33-108-31-28-78-74(102)51-23-26-56-57(35-51)88-59-45-110-55-19-16-14-15-18-54(36-55)109-44-58(59)87-56/h14-16,18-19,21-26,35-36,46-49,53,60-61,69-72H,13,17,20,27-34,37-45H2,1-12H3,(H,78,102)(H,79,94)(H,80,95)(H,81,96)(H,82,97)(H,83,98)(H,85,99)(H,86,101)(H,89,103)/b15-14+,16-14?,18-15?,19-16?,54-18+,54-36?,55-19?,55-36?/t48-,49+,53-,60-,61+,69-,70-,71-,72+/m0/s1. The van der Waals surface area contributed by atoms with Crippen LogP contribution in [0.2, 0.25) is 0 Å². The summed E-state index contributed by atoms with van der Waals surface area (Å²) in [6.45, 7) is 12.2. The second-order valence-electron chi connectivity index (χ2n) is 27.9. The fourth-order valence-corrected chi connectivity index (χ4v) is 14.8. The highest BCUT2D eigenvalue weighted by Crippen LogP contribution is 2.35. The average molecular weight is 1560 g/mol. The summed E-state index contributed by atoms with van der Waals surface area (Å²) in [5.41, 5.74) is 14.0. The highest BCUT2D eigenvalue weighted by atomic mass is 32.2. The molecule has 3 heterocycles. The van der Waals surface area contributed by atoms with Gasteiger partial charge < -0.3 is 76.6 Å². The quantitative estimate of drug-likeness (QED) is 0.0164. The highest BCUT2D eigenvalue weighted by Gasteiger charge is 2.44. The number of anilines is 1. The Bertz CT molecular complexity index is 3840. The molecule has 6 rings (SSSR count). The van der Waals surface area contributed by atoms with Gasteiger partial charge in [0.1, 0.15) is 6.04 Å². The number of carbonyl (C=O) groups is 11. The number of methoxy groups -OCH3 is 2. The molecule has 9 atom stereocenters. The lowest BCUT2D eigenvalue weighted by Crippen LogP contribution is -2.59. The second kappa shape index (κ2) is 46.4. The van der Waals surface area contributed by atoms with Gasteiger partial charge in [-0.3, -0.25) is 57.6 Å². The van der Waals surface area contributed by atoms with Crippen LogP contribution in [0.15, 0.2) is 93.8 Å². The molecule has 2 aromatic carbocycles. The van der Waals surface area contributed by atoms with Crippen molar-refractivity contribution < 1.29 is 71.7 Å². The number of ether oxygens (including phenoxy) is 4. The van der Waals surface area contributed by atoms with Gasteiger partial charge in [0, 0.05) is 90.8 Å². The van der Waals surface area contributed by atoms with Crippen LogP contribution in [0.1, 0.15) is 108 Å². The number of hydrogen-bond acceptors (Lipinski definition) is 21. The smallest absolute Gasteiger partial charge is 0.251 e. The van der Waals surface area contributed by atoms with Gasteiger partial charge in [-0.05, 0) is 111 Å². The molecule has 1 fully saturated rings. The van der Waals surface area contributed by atoms with E-state index in [1.54, 1.807) is 89.8 Å². The van der Waals surface area contributed by atoms with Gasteiger partial charge >= 0.3 is 0 Å². The monoisotopic (exact) mass is 1560 g/mol. The number of carbonyl (C=O) groups excluding carboxylic acids is 11. The lowest BCUT2D eigenvalue weighted by molar-refractivity contribution is -0.148. The van der Waals surface area contributed by atoms with Crippen LogP contribution in [0.25, 0.3) is 21.5 Å². The SMILES string of the molecule is CC[C@H](C)[C@@H]([C@@H](CC(=O)N1CCC[C@H]1[C@H](OC)[C@@H](C)C(=O)N[C@H](CN=[N+]=[N-])Cc1ccc(NC(=O)CNC(=O)CNC(=O)CNC(=O)CNC(=O)CNC(=O)CCOCCOCCNC(=O)c2ccc3nc4c(nc3c2)CSC2=C/C(=C\C=C\C=C2)SC4)cc1)OC)N(C)C(=O)[C@@H](NC(=O)[C@H](C(C)C)N(C)C)C(C)C. The molecule has 9 N–H and O–H groups in total. The molecule has 1 aromatic heterocycles. The van der Waals surface area contributed by atoms with Gasteiger partial charge in [-0.15, -0.1) is 23.5 Å². The summed E-state index contributed by atoms with van der Waals surface area (Å²) in [4.78, 5) is 164. The summed E-state index contributed by atoms with van der Waals surface area (Å²) >= 11 is 3.40. The molecule has 0 spiro atoms. The van der Waals surface area contributed by atoms with E-state index in [-0.39, 0.29) is 100 Å². The van der Waals surface area contributed by atoms with Crippen molar-refractivity contribution in [1.82, 2.24) is 67.2 Å². The van der Waals surface area contributed by atoms with Crippen molar-refractivity contribution in [3.63, 3.8) is 0 Å². The van der Waals surface area contributed by atoms with Gasteiger partial charge in [0.25, 0.3) is 5.91 Å². The van der Waals surface area contributed by atoms with Crippen LogP contribution in [0.3, 0.4) is 0 Å². The van der Waals surface area contributed by atoms with Gasteiger partial charge in [0.2, 0.25) is 59.1 Å². The number of likely N-dealkylation sites (N-methyl/N-ethyl adjacent to an activating group) is 2. The summed E-state index contributed by atoms with van der Waals surface area (Å²) in [7, 11) is 8.36. The van der Waals surface area contributed by atoms with Crippen molar-refractivity contribution in [1.29, 1.82) is 0 Å². The number of likely N-dealkylation sites (tertiary alicyclic amines) is 1. The zero-order valence-electron chi connectivity index (χ0n) is 65.0. The predicted molar refractivity (Wildman–Crippen MR) is 420 cm³/mol. The Morgan fingerprint density at radius 2 is 1.29 bits per heavy atom. The van der Waals surface area contributed by atoms with Gasteiger partial charge in [-0.2, -0.15) is 0 Å². The van der Waals surface area contributed by atoms with E-state index in [9.17, 15) is 58.3 Å². The van der Waals surface area contributed by atoms with Crippen LogP contribution in [0.5, 0.6) is 0 Å². The number of hydrogen-bond donors (Lipinski definition) is 9. The number of fused-ring (bicyclic) bond motifs is 3. The zero-order valence-corrected chi connectivity index (χ0v) is 66.6. The molecule has 0 saturated carbocycles. The fourth-order valence-electron chi connectivity index (χ4n) is 12.9. The third kappa shape index (κ3) is 28.9. The Kier molecular flexibility index (Phi) is 37.8. The molecule has 110 heavy (non-hydrogen) atoms. The maximum absolute atomic E-state index is 14.5. The predicted octanol–water partition coefficient (Wildman–Crippen LogP) is 4.36.